The highest BCUT2D eigenvalue weighted by Gasteiger charge is 2.21. The van der Waals surface area contributed by atoms with Gasteiger partial charge in [-0.2, -0.15) is 0 Å². The molecule has 0 aromatic heterocycles. The molecular formula is C23H44O3. The maximum atomic E-state index is 12.5. The molecule has 2 atom stereocenters. The molecule has 0 radical (unpaired) electrons. The monoisotopic (exact) mass is 368 g/mol. The summed E-state index contributed by atoms with van der Waals surface area (Å²) >= 11 is 0. The zero-order valence-corrected chi connectivity index (χ0v) is 18.3. The minimum Gasteiger partial charge on any atom is -0.345 e. The third-order valence-corrected chi connectivity index (χ3v) is 4.93. The van der Waals surface area contributed by atoms with Gasteiger partial charge in [-0.25, -0.2) is 0 Å². The van der Waals surface area contributed by atoms with Crippen LogP contribution in [-0.2, 0) is 14.3 Å². The van der Waals surface area contributed by atoms with Gasteiger partial charge in [-0.15, -0.1) is 0 Å². The molecule has 0 amide bonds. The first-order chi connectivity index (χ1) is 12.5. The molecule has 0 unspecified atom stereocenters. The Morgan fingerprint density at radius 2 is 1.31 bits per heavy atom. The fourth-order valence-corrected chi connectivity index (χ4v) is 2.82. The van der Waals surface area contributed by atoms with Gasteiger partial charge in [0.15, 0.2) is 0 Å². The smallest absolute Gasteiger partial charge is 0.221 e. The van der Waals surface area contributed by atoms with Gasteiger partial charge in [-0.1, -0.05) is 86.1 Å². The molecule has 0 bridgehead atoms. The lowest BCUT2D eigenvalue weighted by Gasteiger charge is -2.23. The molecule has 0 saturated carbocycles. The Morgan fingerprint density at radius 3 is 1.65 bits per heavy atom. The van der Waals surface area contributed by atoms with Crippen LogP contribution in [0.2, 0.25) is 0 Å². The summed E-state index contributed by atoms with van der Waals surface area (Å²) in [7, 11) is 0. The first-order valence-electron chi connectivity index (χ1n) is 10.9. The van der Waals surface area contributed by atoms with E-state index < -0.39 is 6.29 Å². The maximum Gasteiger partial charge on any atom is 0.221 e. The van der Waals surface area contributed by atoms with E-state index in [2.05, 4.69) is 41.5 Å². The summed E-state index contributed by atoms with van der Waals surface area (Å²) in [6.07, 6.45) is 12.1. The maximum absolute atomic E-state index is 12.5. The molecule has 0 rings (SSSR count). The van der Waals surface area contributed by atoms with E-state index in [1.54, 1.807) is 6.08 Å². The van der Waals surface area contributed by atoms with Crippen molar-refractivity contribution in [3.63, 3.8) is 0 Å². The average molecular weight is 369 g/mol. The van der Waals surface area contributed by atoms with Crippen molar-refractivity contribution in [3.05, 3.63) is 12.2 Å². The number of carbonyl (C=O) groups is 1. The molecule has 0 aliphatic rings. The van der Waals surface area contributed by atoms with Gasteiger partial charge in [0.2, 0.25) is 12.1 Å². The zero-order chi connectivity index (χ0) is 19.8. The van der Waals surface area contributed by atoms with Gasteiger partial charge in [0, 0.05) is 0 Å². The Balaban J connectivity index is 4.74. The van der Waals surface area contributed by atoms with Crippen LogP contribution in [0.25, 0.3) is 0 Å². The minimum absolute atomic E-state index is 0.0608. The summed E-state index contributed by atoms with van der Waals surface area (Å²) < 4.78 is 11.9. The van der Waals surface area contributed by atoms with E-state index in [1.807, 2.05) is 6.08 Å². The molecule has 0 spiro atoms. The average Bonchev–Trinajstić information content (AvgIpc) is 2.64. The summed E-state index contributed by atoms with van der Waals surface area (Å²) in [6.45, 7) is 14.1. The van der Waals surface area contributed by atoms with Gasteiger partial charge in [-0.3, -0.25) is 4.79 Å². The fourth-order valence-electron chi connectivity index (χ4n) is 2.82. The van der Waals surface area contributed by atoms with Crippen LogP contribution < -0.4 is 0 Å². The minimum atomic E-state index is -0.753. The van der Waals surface area contributed by atoms with E-state index in [0.717, 1.165) is 25.7 Å². The highest BCUT2D eigenvalue weighted by atomic mass is 16.7. The van der Waals surface area contributed by atoms with Crippen molar-refractivity contribution in [1.82, 2.24) is 0 Å². The Hall–Kier alpha value is -0.670. The Morgan fingerprint density at radius 1 is 0.846 bits per heavy atom. The summed E-state index contributed by atoms with van der Waals surface area (Å²) in [5, 5.41) is 0. The van der Waals surface area contributed by atoms with Crippen molar-refractivity contribution in [3.8, 4) is 0 Å². The van der Waals surface area contributed by atoms with E-state index in [9.17, 15) is 4.79 Å². The van der Waals surface area contributed by atoms with Crippen LogP contribution >= 0.6 is 0 Å². The number of unbranched alkanes of at least 4 members (excludes halogenated alkanes) is 2. The van der Waals surface area contributed by atoms with Gasteiger partial charge in [0.1, 0.15) is 0 Å². The van der Waals surface area contributed by atoms with Crippen LogP contribution in [0.5, 0.6) is 0 Å². The third-order valence-electron chi connectivity index (χ3n) is 4.93. The lowest BCUT2D eigenvalue weighted by Crippen LogP contribution is -2.30. The largest absolute Gasteiger partial charge is 0.345 e. The van der Waals surface area contributed by atoms with Gasteiger partial charge >= 0.3 is 0 Å². The lowest BCUT2D eigenvalue weighted by atomic mass is 10.0. The topological polar surface area (TPSA) is 35.5 Å². The SMILES string of the molecule is CCCC[C@H](CC)COC(OC[C@@H](CC)CCCC)C(=O)/C=C\C(C)C. The molecule has 0 aromatic rings. The van der Waals surface area contributed by atoms with Crippen LogP contribution in [0, 0.1) is 17.8 Å². The Kier molecular flexibility index (Phi) is 16.1. The molecule has 0 aromatic carbocycles. The molecule has 0 N–H and O–H groups in total. The Bertz CT molecular complexity index is 342. The second-order valence-corrected chi connectivity index (χ2v) is 7.84. The van der Waals surface area contributed by atoms with Gasteiger partial charge in [0.25, 0.3) is 0 Å². The van der Waals surface area contributed by atoms with Crippen LogP contribution in [0.1, 0.15) is 92.9 Å². The summed E-state index contributed by atoms with van der Waals surface area (Å²) in [6, 6.07) is 0. The zero-order valence-electron chi connectivity index (χ0n) is 18.3. The predicted molar refractivity (Wildman–Crippen MR) is 111 cm³/mol. The quantitative estimate of drug-likeness (QED) is 0.215. The van der Waals surface area contributed by atoms with Crippen molar-refractivity contribution in [1.29, 1.82) is 0 Å². The fraction of sp³-hybridized carbons (Fsp3) is 0.870. The molecule has 154 valence electrons. The van der Waals surface area contributed by atoms with E-state index in [-0.39, 0.29) is 5.78 Å². The molecular weight excluding hydrogens is 324 g/mol. The van der Waals surface area contributed by atoms with Crippen LogP contribution in [0.3, 0.4) is 0 Å². The summed E-state index contributed by atoms with van der Waals surface area (Å²) in [5.74, 6) is 1.30. The van der Waals surface area contributed by atoms with Crippen molar-refractivity contribution in [2.45, 2.75) is 99.2 Å². The van der Waals surface area contributed by atoms with E-state index in [4.69, 9.17) is 9.47 Å². The van der Waals surface area contributed by atoms with Crippen molar-refractivity contribution < 1.29 is 14.3 Å². The molecule has 0 saturated heterocycles. The molecule has 26 heavy (non-hydrogen) atoms. The second-order valence-electron chi connectivity index (χ2n) is 7.84. The molecule has 0 heterocycles. The van der Waals surface area contributed by atoms with Gasteiger partial charge in [0.05, 0.1) is 13.2 Å². The van der Waals surface area contributed by atoms with E-state index >= 15 is 0 Å². The number of rotatable bonds is 17. The lowest BCUT2D eigenvalue weighted by molar-refractivity contribution is -0.173. The van der Waals surface area contributed by atoms with Gasteiger partial charge < -0.3 is 9.47 Å². The second kappa shape index (κ2) is 16.5. The van der Waals surface area contributed by atoms with Crippen LogP contribution in [0.15, 0.2) is 12.2 Å². The van der Waals surface area contributed by atoms with E-state index in [0.29, 0.717) is 31.0 Å². The number of ether oxygens (including phenoxy) is 2. The highest BCUT2D eigenvalue weighted by Crippen LogP contribution is 2.17. The normalized spacial score (nSPS) is 14.5. The number of ketones is 1. The predicted octanol–water partition coefficient (Wildman–Crippen LogP) is 6.56. The van der Waals surface area contributed by atoms with Crippen molar-refractivity contribution in [2.75, 3.05) is 13.2 Å². The van der Waals surface area contributed by atoms with Crippen LogP contribution in [0.4, 0.5) is 0 Å². The first-order valence-corrected chi connectivity index (χ1v) is 10.9. The molecule has 3 heteroatoms. The molecule has 3 nitrogen and oxygen atoms in total. The van der Waals surface area contributed by atoms with Crippen LogP contribution in [-0.4, -0.2) is 25.3 Å². The molecule has 0 fully saturated rings. The first kappa shape index (κ1) is 25.3. The summed E-state index contributed by atoms with van der Waals surface area (Å²) in [4.78, 5) is 12.5. The van der Waals surface area contributed by atoms with Crippen molar-refractivity contribution in [2.24, 2.45) is 17.8 Å². The summed E-state index contributed by atoms with van der Waals surface area (Å²) in [5.41, 5.74) is 0. The number of hydrogen-bond donors (Lipinski definition) is 0. The highest BCUT2D eigenvalue weighted by molar-refractivity contribution is 5.92. The standard InChI is InChI=1S/C23H44O3/c1-7-11-13-20(9-3)17-25-23(22(24)16-15-19(5)6)26-18-21(10-4)14-12-8-2/h15-16,19-21,23H,7-14,17-18H2,1-6H3/b16-15-/t20-,21-/m0/s1. The van der Waals surface area contributed by atoms with Crippen molar-refractivity contribution >= 4 is 5.78 Å². The molecule has 0 aliphatic carbocycles. The Labute approximate surface area is 162 Å². The number of allylic oxidation sites excluding steroid dienone is 1. The van der Waals surface area contributed by atoms with E-state index in [1.165, 1.54) is 25.7 Å². The molecule has 0 aliphatic heterocycles. The number of carbonyl (C=O) groups excluding carboxylic acids is 1. The number of hydrogen-bond acceptors (Lipinski definition) is 3. The van der Waals surface area contributed by atoms with Gasteiger partial charge in [-0.05, 0) is 36.7 Å². The third kappa shape index (κ3) is 12.6.